The third-order valence-electron chi connectivity index (χ3n) is 5.19. The van der Waals surface area contributed by atoms with Crippen molar-refractivity contribution in [2.45, 2.75) is 58.4 Å². The molecular weight excluding hydrogens is 400 g/mol. The minimum Gasteiger partial charge on any atom is -0.381 e. The van der Waals surface area contributed by atoms with Crippen LogP contribution >= 0.6 is 0 Å². The summed E-state index contributed by atoms with van der Waals surface area (Å²) >= 11 is 0. The summed E-state index contributed by atoms with van der Waals surface area (Å²) in [5.41, 5.74) is 1.72. The maximum absolute atomic E-state index is 12.4. The van der Waals surface area contributed by atoms with Gasteiger partial charge in [0, 0.05) is 39.4 Å². The Labute approximate surface area is 182 Å². The molecule has 30 heavy (non-hydrogen) atoms. The van der Waals surface area contributed by atoms with Gasteiger partial charge < -0.3 is 15.0 Å². The normalized spacial score (nSPS) is 16.1. The Morgan fingerprint density at radius 3 is 2.53 bits per heavy atom. The van der Waals surface area contributed by atoms with Crippen molar-refractivity contribution in [3.05, 3.63) is 35.4 Å². The summed E-state index contributed by atoms with van der Waals surface area (Å²) in [4.78, 5) is 6.96. The Morgan fingerprint density at radius 2 is 1.90 bits per heavy atom. The minimum absolute atomic E-state index is 0.0347. The summed E-state index contributed by atoms with van der Waals surface area (Å²) in [6, 6.07) is 7.50. The number of guanidine groups is 1. The zero-order chi connectivity index (χ0) is 22.0. The minimum atomic E-state index is -3.38. The van der Waals surface area contributed by atoms with Gasteiger partial charge in [0.1, 0.15) is 0 Å². The summed E-state index contributed by atoms with van der Waals surface area (Å²) < 4.78 is 32.8. The van der Waals surface area contributed by atoms with Gasteiger partial charge in [-0.05, 0) is 57.1 Å². The molecule has 1 aromatic rings. The molecule has 7 nitrogen and oxygen atoms in total. The molecule has 0 bridgehead atoms. The van der Waals surface area contributed by atoms with Crippen molar-refractivity contribution >= 4 is 16.0 Å². The molecular formula is C22H38N4O3S. The highest BCUT2D eigenvalue weighted by Crippen LogP contribution is 2.19. The predicted molar refractivity (Wildman–Crippen MR) is 123 cm³/mol. The summed E-state index contributed by atoms with van der Waals surface area (Å²) in [5, 5.41) is 3.35. The Balaban J connectivity index is 2.04. The van der Waals surface area contributed by atoms with Crippen LogP contribution in [0.2, 0.25) is 0 Å². The number of hydrogen-bond acceptors (Lipinski definition) is 4. The molecule has 1 aromatic carbocycles. The number of rotatable bonds is 10. The molecule has 0 aromatic heterocycles. The molecule has 8 heteroatoms. The van der Waals surface area contributed by atoms with Gasteiger partial charge in [-0.1, -0.05) is 24.3 Å². The number of nitrogens with one attached hydrogen (secondary N) is 2. The van der Waals surface area contributed by atoms with Crippen LogP contribution in [-0.4, -0.2) is 58.7 Å². The molecule has 0 atom stereocenters. The van der Waals surface area contributed by atoms with Crippen LogP contribution in [0.15, 0.2) is 29.3 Å². The smallest absolute Gasteiger partial charge is 0.216 e. The fraction of sp³-hybridized carbons (Fsp3) is 0.682. The molecule has 1 fully saturated rings. The number of benzene rings is 1. The van der Waals surface area contributed by atoms with Gasteiger partial charge in [0.25, 0.3) is 0 Å². The second-order valence-electron chi connectivity index (χ2n) is 8.24. The molecule has 2 rings (SSSR count). The topological polar surface area (TPSA) is 83.0 Å². The van der Waals surface area contributed by atoms with Crippen LogP contribution in [0.25, 0.3) is 0 Å². The molecule has 170 valence electrons. The van der Waals surface area contributed by atoms with E-state index in [0.717, 1.165) is 62.7 Å². The molecule has 1 saturated heterocycles. The monoisotopic (exact) mass is 438 g/mol. The molecule has 2 N–H and O–H groups in total. The zero-order valence-corrected chi connectivity index (χ0v) is 19.7. The molecule has 1 aliphatic heterocycles. The third-order valence-corrected chi connectivity index (χ3v) is 6.71. The molecule has 0 radical (unpaired) electrons. The Kier molecular flexibility index (Phi) is 10.1. The molecule has 0 unspecified atom stereocenters. The third kappa shape index (κ3) is 8.62. The number of nitrogens with zero attached hydrogens (tertiary/aromatic N) is 2. The number of ether oxygens (including phenoxy) is 1. The quantitative estimate of drug-likeness (QED) is 0.434. The van der Waals surface area contributed by atoms with E-state index in [4.69, 9.17) is 9.73 Å². The van der Waals surface area contributed by atoms with Crippen molar-refractivity contribution < 1.29 is 13.2 Å². The van der Waals surface area contributed by atoms with Crippen LogP contribution in [0.3, 0.4) is 0 Å². The van der Waals surface area contributed by atoms with E-state index in [2.05, 4.69) is 28.9 Å². The van der Waals surface area contributed by atoms with Gasteiger partial charge in [-0.15, -0.1) is 0 Å². The first kappa shape index (κ1) is 24.6. The van der Waals surface area contributed by atoms with E-state index in [9.17, 15) is 8.42 Å². The summed E-state index contributed by atoms with van der Waals surface area (Å²) in [6.45, 7) is 9.61. The van der Waals surface area contributed by atoms with Gasteiger partial charge in [-0.2, -0.15) is 0 Å². The van der Waals surface area contributed by atoms with Gasteiger partial charge in [-0.25, -0.2) is 18.1 Å². The van der Waals surface area contributed by atoms with Gasteiger partial charge in [0.15, 0.2) is 5.96 Å². The van der Waals surface area contributed by atoms with Crippen LogP contribution in [0, 0.1) is 5.92 Å². The van der Waals surface area contributed by atoms with Crippen LogP contribution in [0.1, 0.15) is 51.2 Å². The molecule has 0 aliphatic carbocycles. The Morgan fingerprint density at radius 1 is 1.23 bits per heavy atom. The summed E-state index contributed by atoms with van der Waals surface area (Å²) in [7, 11) is -1.32. The Hall–Kier alpha value is -1.64. The summed E-state index contributed by atoms with van der Waals surface area (Å²) in [5.74, 6) is 1.53. The molecule has 0 amide bonds. The lowest BCUT2D eigenvalue weighted by molar-refractivity contribution is 0.0625. The van der Waals surface area contributed by atoms with E-state index in [-0.39, 0.29) is 11.8 Å². The van der Waals surface area contributed by atoms with E-state index in [1.54, 1.807) is 0 Å². The van der Waals surface area contributed by atoms with Crippen molar-refractivity contribution in [3.8, 4) is 0 Å². The van der Waals surface area contributed by atoms with Crippen molar-refractivity contribution in [1.29, 1.82) is 0 Å². The number of hydrogen-bond donors (Lipinski definition) is 2. The molecule has 1 aliphatic rings. The Bertz CT molecular complexity index is 774. The van der Waals surface area contributed by atoms with Crippen LogP contribution < -0.4 is 10.0 Å². The SMILES string of the molecule is CCNC(=NCc1ccccc1CS(=O)(=O)NC(C)C)N(C)CCC1CCOCC1. The van der Waals surface area contributed by atoms with E-state index in [1.165, 1.54) is 0 Å². The molecule has 0 spiro atoms. The largest absolute Gasteiger partial charge is 0.381 e. The van der Waals surface area contributed by atoms with E-state index >= 15 is 0 Å². The van der Waals surface area contributed by atoms with Crippen molar-refractivity contribution in [2.75, 3.05) is 33.4 Å². The van der Waals surface area contributed by atoms with Crippen molar-refractivity contribution in [3.63, 3.8) is 0 Å². The van der Waals surface area contributed by atoms with Crippen LogP contribution in [0.5, 0.6) is 0 Å². The maximum Gasteiger partial charge on any atom is 0.216 e. The second kappa shape index (κ2) is 12.3. The van der Waals surface area contributed by atoms with Gasteiger partial charge in [0.05, 0.1) is 12.3 Å². The molecule has 1 heterocycles. The lowest BCUT2D eigenvalue weighted by Gasteiger charge is -2.27. The van der Waals surface area contributed by atoms with Crippen LogP contribution in [0.4, 0.5) is 0 Å². The van der Waals surface area contributed by atoms with Gasteiger partial charge in [-0.3, -0.25) is 0 Å². The average molecular weight is 439 g/mol. The molecule has 0 saturated carbocycles. The highest BCUT2D eigenvalue weighted by molar-refractivity contribution is 7.88. The standard InChI is InChI=1S/C22H38N4O3S/c1-5-23-22(26(4)13-10-19-11-14-29-15-12-19)24-16-20-8-6-7-9-21(20)17-30(27,28)25-18(2)3/h6-9,18-19,25H,5,10-17H2,1-4H3,(H,23,24). The van der Waals surface area contributed by atoms with E-state index < -0.39 is 10.0 Å². The second-order valence-corrected chi connectivity index (χ2v) is 9.99. The summed E-state index contributed by atoms with van der Waals surface area (Å²) in [6.07, 6.45) is 3.39. The van der Waals surface area contributed by atoms with E-state index in [1.807, 2.05) is 38.1 Å². The fourth-order valence-electron chi connectivity index (χ4n) is 3.60. The predicted octanol–water partition coefficient (Wildman–Crippen LogP) is 2.73. The zero-order valence-electron chi connectivity index (χ0n) is 18.9. The van der Waals surface area contributed by atoms with Gasteiger partial charge in [0.2, 0.25) is 10.0 Å². The number of sulfonamides is 1. The lowest BCUT2D eigenvalue weighted by Crippen LogP contribution is -2.40. The van der Waals surface area contributed by atoms with Crippen LogP contribution in [-0.2, 0) is 27.1 Å². The van der Waals surface area contributed by atoms with Crippen molar-refractivity contribution in [2.24, 2.45) is 10.9 Å². The first-order valence-electron chi connectivity index (χ1n) is 10.9. The fourth-order valence-corrected chi connectivity index (χ4v) is 5.10. The highest BCUT2D eigenvalue weighted by Gasteiger charge is 2.17. The highest BCUT2D eigenvalue weighted by atomic mass is 32.2. The first-order valence-corrected chi connectivity index (χ1v) is 12.6. The average Bonchev–Trinajstić information content (AvgIpc) is 2.69. The first-order chi connectivity index (χ1) is 14.3. The number of aliphatic imine (C=N–C) groups is 1. The van der Waals surface area contributed by atoms with Gasteiger partial charge >= 0.3 is 0 Å². The maximum atomic E-state index is 12.4. The van der Waals surface area contributed by atoms with E-state index in [0.29, 0.717) is 12.5 Å². The lowest BCUT2D eigenvalue weighted by atomic mass is 9.96. The van der Waals surface area contributed by atoms with Crippen molar-refractivity contribution in [1.82, 2.24) is 14.9 Å².